The van der Waals surface area contributed by atoms with Crippen molar-refractivity contribution < 1.29 is 13.2 Å². The Labute approximate surface area is 172 Å². The van der Waals surface area contributed by atoms with Crippen LogP contribution >= 0.6 is 0 Å². The lowest BCUT2D eigenvalue weighted by Crippen LogP contribution is -2.30. The summed E-state index contributed by atoms with van der Waals surface area (Å²) in [6, 6.07) is 8.33. The average molecular weight is 420 g/mol. The number of carbonyl (C=O) groups is 1. The summed E-state index contributed by atoms with van der Waals surface area (Å²) in [6.45, 7) is 7.92. The topological polar surface area (TPSA) is 88.5 Å². The molecular formula is C21H29N3O4S. The van der Waals surface area contributed by atoms with Crippen molar-refractivity contribution >= 4 is 21.6 Å². The van der Waals surface area contributed by atoms with Crippen LogP contribution in [0.5, 0.6) is 0 Å². The number of carbonyl (C=O) groups excluding carboxylic acids is 1. The standard InChI is InChI=1S/C21H29N3O4S/c1-14(2)17-8-7-9-18(15(3)4)21(17)22-19(25)13-24-12-16(10-11-20(24)26)29(27,28)23(5)6/h7-12,14-15H,13H2,1-6H3,(H,22,25). The molecule has 0 aliphatic carbocycles. The van der Waals surface area contributed by atoms with Crippen LogP contribution in [-0.2, 0) is 21.4 Å². The number of pyridine rings is 1. The van der Waals surface area contributed by atoms with Crippen LogP contribution in [0.1, 0.15) is 50.7 Å². The number of benzene rings is 1. The molecule has 0 aliphatic rings. The van der Waals surface area contributed by atoms with Crippen molar-refractivity contribution in [2.45, 2.75) is 51.0 Å². The molecule has 0 spiro atoms. The number of para-hydroxylation sites is 1. The van der Waals surface area contributed by atoms with Crippen molar-refractivity contribution in [2.24, 2.45) is 0 Å². The molecule has 0 radical (unpaired) electrons. The van der Waals surface area contributed by atoms with E-state index in [9.17, 15) is 18.0 Å². The van der Waals surface area contributed by atoms with Gasteiger partial charge in [-0.1, -0.05) is 45.9 Å². The maximum absolute atomic E-state index is 12.7. The van der Waals surface area contributed by atoms with Crippen molar-refractivity contribution in [2.75, 3.05) is 19.4 Å². The van der Waals surface area contributed by atoms with Crippen LogP contribution in [0.4, 0.5) is 5.69 Å². The van der Waals surface area contributed by atoms with Gasteiger partial charge in [0.1, 0.15) is 6.54 Å². The number of hydrogen-bond acceptors (Lipinski definition) is 4. The molecule has 1 heterocycles. The molecule has 1 N–H and O–H groups in total. The van der Waals surface area contributed by atoms with Gasteiger partial charge in [0.15, 0.2) is 0 Å². The quantitative estimate of drug-likeness (QED) is 0.747. The van der Waals surface area contributed by atoms with Crippen LogP contribution in [0.25, 0.3) is 0 Å². The maximum atomic E-state index is 12.7. The van der Waals surface area contributed by atoms with Crippen molar-refractivity contribution in [1.29, 1.82) is 0 Å². The van der Waals surface area contributed by atoms with Crippen LogP contribution in [0, 0.1) is 0 Å². The van der Waals surface area contributed by atoms with E-state index in [-0.39, 0.29) is 29.2 Å². The minimum atomic E-state index is -3.70. The zero-order chi connectivity index (χ0) is 21.9. The van der Waals surface area contributed by atoms with E-state index in [0.29, 0.717) is 0 Å². The number of amides is 1. The Bertz CT molecular complexity index is 1030. The summed E-state index contributed by atoms with van der Waals surface area (Å²) in [5.41, 5.74) is 2.34. The average Bonchev–Trinajstić information content (AvgIpc) is 2.62. The predicted octanol–water partition coefficient (Wildman–Crippen LogP) is 2.98. The normalized spacial score (nSPS) is 12.0. The van der Waals surface area contributed by atoms with Gasteiger partial charge in [0.2, 0.25) is 15.9 Å². The first-order valence-corrected chi connectivity index (χ1v) is 10.9. The first kappa shape index (κ1) is 22.8. The van der Waals surface area contributed by atoms with Gasteiger partial charge in [-0.3, -0.25) is 9.59 Å². The zero-order valence-corrected chi connectivity index (χ0v) is 18.6. The van der Waals surface area contributed by atoms with Gasteiger partial charge < -0.3 is 9.88 Å². The Morgan fingerprint density at radius 3 is 2.07 bits per heavy atom. The van der Waals surface area contributed by atoms with Crippen molar-refractivity contribution in [3.63, 3.8) is 0 Å². The molecule has 1 amide bonds. The molecule has 29 heavy (non-hydrogen) atoms. The van der Waals surface area contributed by atoms with Gasteiger partial charge in [0.25, 0.3) is 5.56 Å². The van der Waals surface area contributed by atoms with E-state index in [2.05, 4.69) is 33.0 Å². The lowest BCUT2D eigenvalue weighted by Gasteiger charge is -2.20. The fourth-order valence-electron chi connectivity index (χ4n) is 3.03. The van der Waals surface area contributed by atoms with Crippen molar-refractivity contribution in [3.05, 3.63) is 58.0 Å². The van der Waals surface area contributed by atoms with E-state index in [4.69, 9.17) is 0 Å². The Morgan fingerprint density at radius 1 is 1.03 bits per heavy atom. The fraction of sp³-hybridized carbons (Fsp3) is 0.429. The summed E-state index contributed by atoms with van der Waals surface area (Å²) in [5, 5.41) is 2.94. The van der Waals surface area contributed by atoms with Crippen molar-refractivity contribution in [1.82, 2.24) is 8.87 Å². The predicted molar refractivity (Wildman–Crippen MR) is 115 cm³/mol. The summed E-state index contributed by atoms with van der Waals surface area (Å²) in [4.78, 5) is 24.9. The van der Waals surface area contributed by atoms with E-state index >= 15 is 0 Å². The molecule has 0 unspecified atom stereocenters. The highest BCUT2D eigenvalue weighted by molar-refractivity contribution is 7.89. The smallest absolute Gasteiger partial charge is 0.251 e. The van der Waals surface area contributed by atoms with E-state index in [1.807, 2.05) is 18.2 Å². The van der Waals surface area contributed by atoms with Crippen LogP contribution in [0.15, 0.2) is 46.2 Å². The molecule has 1 aromatic carbocycles. The number of rotatable bonds is 7. The van der Waals surface area contributed by atoms with Crippen molar-refractivity contribution in [3.8, 4) is 0 Å². The Hall–Kier alpha value is -2.45. The van der Waals surface area contributed by atoms with Gasteiger partial charge in [-0.05, 0) is 29.0 Å². The molecule has 8 heteroatoms. The van der Waals surface area contributed by atoms with E-state index < -0.39 is 15.6 Å². The van der Waals surface area contributed by atoms with Crippen LogP contribution in [-0.4, -0.2) is 37.3 Å². The van der Waals surface area contributed by atoms with Crippen LogP contribution in [0.2, 0.25) is 0 Å². The van der Waals surface area contributed by atoms with Gasteiger partial charge in [0.05, 0.1) is 4.90 Å². The highest BCUT2D eigenvalue weighted by Gasteiger charge is 2.20. The lowest BCUT2D eigenvalue weighted by molar-refractivity contribution is -0.116. The maximum Gasteiger partial charge on any atom is 0.251 e. The third kappa shape index (κ3) is 5.13. The second kappa shape index (κ2) is 8.92. The molecule has 2 rings (SSSR count). The highest BCUT2D eigenvalue weighted by Crippen LogP contribution is 2.32. The molecule has 1 aromatic heterocycles. The Balaban J connectivity index is 2.37. The lowest BCUT2D eigenvalue weighted by atomic mass is 9.92. The third-order valence-electron chi connectivity index (χ3n) is 4.69. The summed E-state index contributed by atoms with van der Waals surface area (Å²) >= 11 is 0. The SMILES string of the molecule is CC(C)c1cccc(C(C)C)c1NC(=O)Cn1cc(S(=O)(=O)N(C)C)ccc1=O. The minimum absolute atomic E-state index is 0.0413. The Kier molecular flexibility index (Phi) is 7.02. The van der Waals surface area contributed by atoms with Gasteiger partial charge in [0, 0.05) is 32.0 Å². The van der Waals surface area contributed by atoms with E-state index in [0.717, 1.165) is 31.8 Å². The largest absolute Gasteiger partial charge is 0.324 e. The summed E-state index contributed by atoms with van der Waals surface area (Å²) < 4.78 is 26.8. The molecule has 0 atom stereocenters. The number of sulfonamides is 1. The molecule has 0 saturated carbocycles. The van der Waals surface area contributed by atoms with Gasteiger partial charge >= 0.3 is 0 Å². The summed E-state index contributed by atoms with van der Waals surface area (Å²) in [5.74, 6) is 0.0297. The highest BCUT2D eigenvalue weighted by atomic mass is 32.2. The molecule has 7 nitrogen and oxygen atoms in total. The Morgan fingerprint density at radius 2 is 1.59 bits per heavy atom. The molecule has 158 valence electrons. The van der Waals surface area contributed by atoms with Gasteiger partial charge in [-0.15, -0.1) is 0 Å². The first-order chi connectivity index (χ1) is 13.4. The molecule has 0 fully saturated rings. The molecular weight excluding hydrogens is 390 g/mol. The number of aromatic nitrogens is 1. The van der Waals surface area contributed by atoms with Crippen LogP contribution in [0.3, 0.4) is 0 Å². The number of nitrogens with zero attached hydrogens (tertiary/aromatic N) is 2. The second-order valence-corrected chi connectivity index (χ2v) is 9.94. The van der Waals surface area contributed by atoms with Gasteiger partial charge in [-0.2, -0.15) is 0 Å². The monoisotopic (exact) mass is 419 g/mol. The molecule has 0 saturated heterocycles. The second-order valence-electron chi connectivity index (χ2n) is 7.79. The zero-order valence-electron chi connectivity index (χ0n) is 17.8. The molecule has 0 bridgehead atoms. The first-order valence-electron chi connectivity index (χ1n) is 9.50. The van der Waals surface area contributed by atoms with E-state index in [1.165, 1.54) is 26.4 Å². The fourth-order valence-corrected chi connectivity index (χ4v) is 3.95. The van der Waals surface area contributed by atoms with Crippen LogP contribution < -0.4 is 10.9 Å². The summed E-state index contributed by atoms with van der Waals surface area (Å²) in [6.07, 6.45) is 1.20. The summed E-state index contributed by atoms with van der Waals surface area (Å²) in [7, 11) is -0.884. The number of nitrogens with one attached hydrogen (secondary N) is 1. The number of anilines is 1. The van der Waals surface area contributed by atoms with Gasteiger partial charge in [-0.25, -0.2) is 12.7 Å². The molecule has 0 aliphatic heterocycles. The minimum Gasteiger partial charge on any atom is -0.324 e. The van der Waals surface area contributed by atoms with E-state index in [1.54, 1.807) is 0 Å². The number of hydrogen-bond donors (Lipinski definition) is 1. The molecule has 2 aromatic rings. The third-order valence-corrected chi connectivity index (χ3v) is 6.48.